The predicted molar refractivity (Wildman–Crippen MR) is 104 cm³/mol. The molecule has 2 rings (SSSR count). The molecule has 1 heterocycles. The molecule has 0 amide bonds. The molecule has 0 fully saturated rings. The van der Waals surface area contributed by atoms with Crippen molar-refractivity contribution in [3.05, 3.63) is 39.6 Å². The highest BCUT2D eigenvalue weighted by Gasteiger charge is 2.12. The summed E-state index contributed by atoms with van der Waals surface area (Å²) in [4.78, 5) is 14.7. The van der Waals surface area contributed by atoms with Gasteiger partial charge in [0.25, 0.3) is 5.95 Å². The number of nitrogens with zero attached hydrogens (tertiary/aromatic N) is 4. The Morgan fingerprint density at radius 3 is 2.32 bits per heavy atom. The fraction of sp³-hybridized carbons (Fsp3) is 0.353. The van der Waals surface area contributed by atoms with Crippen LogP contribution in [-0.4, -0.2) is 33.3 Å². The second-order valence-corrected chi connectivity index (χ2v) is 7.08. The monoisotopic (exact) mass is 400 g/mol. The van der Waals surface area contributed by atoms with Crippen LogP contribution >= 0.6 is 34.8 Å². The van der Waals surface area contributed by atoms with Gasteiger partial charge in [0.05, 0.1) is 17.6 Å². The second-order valence-electron chi connectivity index (χ2n) is 5.88. The van der Waals surface area contributed by atoms with Crippen molar-refractivity contribution in [2.75, 3.05) is 0 Å². The average molecular weight is 402 g/mol. The van der Waals surface area contributed by atoms with Crippen molar-refractivity contribution in [1.29, 1.82) is 0 Å². The zero-order chi connectivity index (χ0) is 18.6. The van der Waals surface area contributed by atoms with E-state index in [0.29, 0.717) is 27.9 Å². The van der Waals surface area contributed by atoms with Crippen LogP contribution in [0, 0.1) is 0 Å². The number of ether oxygens (including phenoxy) is 1. The SMILES string of the molecule is CC(C)N(C=Nc1ncc(Oc2ccc(Cl)cc2Cl)c(Cl)n1)C(C)C. The summed E-state index contributed by atoms with van der Waals surface area (Å²) in [6.45, 7) is 8.36. The minimum Gasteiger partial charge on any atom is -0.451 e. The molecule has 0 unspecified atom stereocenters. The van der Waals surface area contributed by atoms with Crippen LogP contribution in [0.1, 0.15) is 27.7 Å². The molecule has 0 aliphatic carbocycles. The standard InChI is InChI=1S/C17H19Cl3N4O/c1-10(2)24(11(3)4)9-22-17-21-8-15(16(20)23-17)25-14-6-5-12(18)7-13(14)19/h5-11H,1-4H3. The lowest BCUT2D eigenvalue weighted by Gasteiger charge is -2.27. The summed E-state index contributed by atoms with van der Waals surface area (Å²) >= 11 is 18.1. The van der Waals surface area contributed by atoms with Crippen molar-refractivity contribution < 1.29 is 4.74 Å². The normalized spacial score (nSPS) is 11.6. The molecule has 0 aliphatic heterocycles. The van der Waals surface area contributed by atoms with Gasteiger partial charge in [-0.1, -0.05) is 34.8 Å². The van der Waals surface area contributed by atoms with Crippen molar-refractivity contribution in [2.24, 2.45) is 4.99 Å². The number of rotatable bonds is 6. The first-order chi connectivity index (χ1) is 11.8. The zero-order valence-corrected chi connectivity index (χ0v) is 16.6. The number of halogens is 3. The summed E-state index contributed by atoms with van der Waals surface area (Å²) in [6, 6.07) is 5.53. The van der Waals surface area contributed by atoms with Crippen LogP contribution in [0.15, 0.2) is 29.4 Å². The van der Waals surface area contributed by atoms with Crippen LogP contribution in [0.5, 0.6) is 11.5 Å². The third-order valence-corrected chi connectivity index (χ3v) is 4.11. The highest BCUT2D eigenvalue weighted by Crippen LogP contribution is 2.34. The van der Waals surface area contributed by atoms with E-state index in [2.05, 4.69) is 47.6 Å². The highest BCUT2D eigenvalue weighted by molar-refractivity contribution is 6.35. The molecule has 1 aromatic heterocycles. The maximum atomic E-state index is 6.17. The van der Waals surface area contributed by atoms with Crippen LogP contribution in [0.25, 0.3) is 0 Å². The first kappa shape index (κ1) is 19.8. The number of benzene rings is 1. The molecule has 25 heavy (non-hydrogen) atoms. The molecule has 0 aliphatic rings. The molecule has 0 N–H and O–H groups in total. The minimum absolute atomic E-state index is 0.147. The minimum atomic E-state index is 0.147. The number of aliphatic imine (C=N–C) groups is 1. The van der Waals surface area contributed by atoms with Gasteiger partial charge in [0.2, 0.25) is 0 Å². The fourth-order valence-electron chi connectivity index (χ4n) is 2.13. The Morgan fingerprint density at radius 1 is 1.08 bits per heavy atom. The molecule has 0 bridgehead atoms. The third-order valence-electron chi connectivity index (χ3n) is 3.31. The molecule has 0 atom stereocenters. The summed E-state index contributed by atoms with van der Waals surface area (Å²) in [5.41, 5.74) is 0. The molecule has 2 aromatic rings. The van der Waals surface area contributed by atoms with E-state index in [-0.39, 0.29) is 16.9 Å². The van der Waals surface area contributed by atoms with E-state index >= 15 is 0 Å². The first-order valence-electron chi connectivity index (χ1n) is 7.75. The van der Waals surface area contributed by atoms with Gasteiger partial charge in [-0.2, -0.15) is 4.98 Å². The molecule has 0 saturated heterocycles. The van der Waals surface area contributed by atoms with Crippen LogP contribution in [-0.2, 0) is 0 Å². The molecule has 5 nitrogen and oxygen atoms in total. The van der Waals surface area contributed by atoms with Gasteiger partial charge in [-0.05, 0) is 45.9 Å². The van der Waals surface area contributed by atoms with Crippen molar-refractivity contribution in [3.63, 3.8) is 0 Å². The van der Waals surface area contributed by atoms with Crippen molar-refractivity contribution >= 4 is 47.1 Å². The molecule has 0 radical (unpaired) electrons. The van der Waals surface area contributed by atoms with Crippen LogP contribution in [0.4, 0.5) is 5.95 Å². The molecule has 0 saturated carbocycles. The van der Waals surface area contributed by atoms with E-state index in [4.69, 9.17) is 39.5 Å². The lowest BCUT2D eigenvalue weighted by Crippen LogP contribution is -2.35. The predicted octanol–water partition coefficient (Wildman–Crippen LogP) is 6.01. The largest absolute Gasteiger partial charge is 0.451 e. The molecular weight excluding hydrogens is 383 g/mol. The van der Waals surface area contributed by atoms with Crippen LogP contribution in [0.3, 0.4) is 0 Å². The Labute approximate surface area is 162 Å². The summed E-state index contributed by atoms with van der Waals surface area (Å²) < 4.78 is 5.64. The zero-order valence-electron chi connectivity index (χ0n) is 14.4. The van der Waals surface area contributed by atoms with Crippen LogP contribution in [0.2, 0.25) is 15.2 Å². The summed E-state index contributed by atoms with van der Waals surface area (Å²) in [5, 5.41) is 1.04. The van der Waals surface area contributed by atoms with E-state index in [1.165, 1.54) is 6.20 Å². The molecule has 134 valence electrons. The lowest BCUT2D eigenvalue weighted by molar-refractivity contribution is 0.301. The van der Waals surface area contributed by atoms with Crippen LogP contribution < -0.4 is 4.74 Å². The van der Waals surface area contributed by atoms with E-state index in [9.17, 15) is 0 Å². The maximum Gasteiger partial charge on any atom is 0.252 e. The van der Waals surface area contributed by atoms with Crippen molar-refractivity contribution in [1.82, 2.24) is 14.9 Å². The Morgan fingerprint density at radius 2 is 1.76 bits per heavy atom. The maximum absolute atomic E-state index is 6.17. The van der Waals surface area contributed by atoms with Gasteiger partial charge >= 0.3 is 0 Å². The molecule has 8 heteroatoms. The second kappa shape index (κ2) is 8.70. The van der Waals surface area contributed by atoms with Gasteiger partial charge < -0.3 is 9.64 Å². The number of hydrogen-bond donors (Lipinski definition) is 0. The van der Waals surface area contributed by atoms with Gasteiger partial charge in [0, 0.05) is 17.1 Å². The fourth-order valence-corrected chi connectivity index (χ4v) is 2.74. The van der Waals surface area contributed by atoms with Crippen molar-refractivity contribution in [2.45, 2.75) is 39.8 Å². The smallest absolute Gasteiger partial charge is 0.252 e. The molecule has 0 spiro atoms. The average Bonchev–Trinajstić information content (AvgIpc) is 2.51. The van der Waals surface area contributed by atoms with Gasteiger partial charge in [0.1, 0.15) is 5.75 Å². The Kier molecular flexibility index (Phi) is 6.87. The Balaban J connectivity index is 2.17. The topological polar surface area (TPSA) is 50.6 Å². The van der Waals surface area contributed by atoms with Gasteiger partial charge in [0.15, 0.2) is 10.9 Å². The van der Waals surface area contributed by atoms with Gasteiger partial charge in [-0.3, -0.25) is 0 Å². The highest BCUT2D eigenvalue weighted by atomic mass is 35.5. The lowest BCUT2D eigenvalue weighted by atomic mass is 10.2. The number of hydrogen-bond acceptors (Lipinski definition) is 4. The van der Waals surface area contributed by atoms with Gasteiger partial charge in [-0.15, -0.1) is 0 Å². The summed E-state index contributed by atoms with van der Waals surface area (Å²) in [6.07, 6.45) is 3.18. The Bertz CT molecular complexity index is 758. The van der Waals surface area contributed by atoms with E-state index in [1.54, 1.807) is 24.5 Å². The van der Waals surface area contributed by atoms with Crippen molar-refractivity contribution in [3.8, 4) is 11.5 Å². The number of aromatic nitrogens is 2. The van der Waals surface area contributed by atoms with Gasteiger partial charge in [-0.25, -0.2) is 9.98 Å². The van der Waals surface area contributed by atoms with E-state index in [0.717, 1.165) is 0 Å². The third kappa shape index (κ3) is 5.46. The summed E-state index contributed by atoms with van der Waals surface area (Å²) in [7, 11) is 0. The Hall–Kier alpha value is -1.56. The molecule has 1 aromatic carbocycles. The first-order valence-corrected chi connectivity index (χ1v) is 8.88. The molecular formula is C17H19Cl3N4O. The summed E-state index contributed by atoms with van der Waals surface area (Å²) in [5.74, 6) is 0.957. The quantitative estimate of drug-likeness (QED) is 0.338. The van der Waals surface area contributed by atoms with E-state index < -0.39 is 0 Å². The van der Waals surface area contributed by atoms with E-state index in [1.807, 2.05) is 0 Å².